The molecule has 92 valence electrons. The number of aromatic nitrogens is 1. The van der Waals surface area contributed by atoms with E-state index in [1.165, 1.54) is 6.07 Å². The van der Waals surface area contributed by atoms with Gasteiger partial charge in [0.15, 0.2) is 0 Å². The largest absolute Gasteiger partial charge is 0.384 e. The molecule has 0 aromatic carbocycles. The van der Waals surface area contributed by atoms with Gasteiger partial charge in [-0.3, -0.25) is 10.1 Å². The molecule has 0 aliphatic rings. The third-order valence-corrected chi connectivity index (χ3v) is 1.71. The predicted octanol–water partition coefficient (Wildman–Crippen LogP) is 0.499. The molecular formula is C7H13Cl2N5O2. The summed E-state index contributed by atoms with van der Waals surface area (Å²) in [6.45, 7) is 0.295. The van der Waals surface area contributed by atoms with E-state index in [1.54, 1.807) is 0 Å². The van der Waals surface area contributed by atoms with Gasteiger partial charge in [0.2, 0.25) is 5.82 Å². The Morgan fingerprint density at radius 1 is 1.38 bits per heavy atom. The number of nitrogens with zero attached hydrogens (tertiary/aromatic N) is 2. The number of halogens is 2. The Labute approximate surface area is 104 Å². The zero-order chi connectivity index (χ0) is 10.7. The molecule has 0 aliphatic heterocycles. The Balaban J connectivity index is 0. The molecule has 1 heterocycles. The van der Waals surface area contributed by atoms with Gasteiger partial charge in [0.05, 0.1) is 4.92 Å². The van der Waals surface area contributed by atoms with Gasteiger partial charge in [-0.2, -0.15) is 0 Å². The second-order valence-electron chi connectivity index (χ2n) is 2.74. The van der Waals surface area contributed by atoms with Crippen LogP contribution in [0, 0.1) is 10.1 Å². The maximum Gasteiger partial charge on any atom is 0.314 e. The Morgan fingerprint density at radius 2 is 1.94 bits per heavy atom. The predicted molar refractivity (Wildman–Crippen MR) is 67.0 cm³/mol. The maximum atomic E-state index is 10.6. The second-order valence-corrected chi connectivity index (χ2v) is 2.74. The molecule has 7 nitrogen and oxygen atoms in total. The van der Waals surface area contributed by atoms with Crippen LogP contribution in [-0.2, 0) is 6.42 Å². The summed E-state index contributed by atoms with van der Waals surface area (Å²) >= 11 is 0. The monoisotopic (exact) mass is 269 g/mol. The molecule has 0 aliphatic carbocycles. The van der Waals surface area contributed by atoms with Gasteiger partial charge in [0, 0.05) is 5.56 Å². The highest BCUT2D eigenvalue weighted by Crippen LogP contribution is 2.26. The van der Waals surface area contributed by atoms with Crippen LogP contribution < -0.4 is 17.2 Å². The highest BCUT2D eigenvalue weighted by atomic mass is 35.5. The zero-order valence-electron chi connectivity index (χ0n) is 8.25. The number of pyridine rings is 1. The average molecular weight is 270 g/mol. The molecule has 0 amide bonds. The SMILES string of the molecule is Cl.Cl.NCCc1cc(N)nc(N)c1[N+](=O)[O-]. The van der Waals surface area contributed by atoms with Crippen molar-refractivity contribution in [3.8, 4) is 0 Å². The number of nitro groups is 1. The topological polar surface area (TPSA) is 134 Å². The minimum Gasteiger partial charge on any atom is -0.384 e. The fourth-order valence-corrected chi connectivity index (χ4v) is 1.19. The number of nitrogens with two attached hydrogens (primary N) is 3. The van der Waals surface area contributed by atoms with Gasteiger partial charge in [-0.05, 0) is 19.0 Å². The van der Waals surface area contributed by atoms with Crippen molar-refractivity contribution >= 4 is 42.1 Å². The summed E-state index contributed by atoms with van der Waals surface area (Å²) in [5, 5.41) is 10.6. The summed E-state index contributed by atoms with van der Waals surface area (Å²) in [5.41, 5.74) is 16.3. The molecule has 1 aromatic rings. The van der Waals surface area contributed by atoms with E-state index in [0.29, 0.717) is 18.5 Å². The average Bonchev–Trinajstić information content (AvgIpc) is 2.01. The van der Waals surface area contributed by atoms with Crippen LogP contribution in [0.25, 0.3) is 0 Å². The van der Waals surface area contributed by atoms with E-state index >= 15 is 0 Å². The van der Waals surface area contributed by atoms with E-state index in [4.69, 9.17) is 17.2 Å². The van der Waals surface area contributed by atoms with Crippen LogP contribution in [0.3, 0.4) is 0 Å². The highest BCUT2D eigenvalue weighted by molar-refractivity contribution is 5.85. The fraction of sp³-hybridized carbons (Fsp3) is 0.286. The molecule has 0 atom stereocenters. The first-order valence-corrected chi connectivity index (χ1v) is 3.95. The number of anilines is 2. The summed E-state index contributed by atoms with van der Waals surface area (Å²) in [7, 11) is 0. The van der Waals surface area contributed by atoms with Crippen molar-refractivity contribution in [2.45, 2.75) is 6.42 Å². The van der Waals surface area contributed by atoms with Crippen molar-refractivity contribution in [2.24, 2.45) is 5.73 Å². The van der Waals surface area contributed by atoms with Crippen molar-refractivity contribution in [1.82, 2.24) is 4.98 Å². The standard InChI is InChI=1S/C7H11N5O2.2ClH/c8-2-1-4-3-5(9)11-7(10)6(4)12(13)14;;/h3H,1-2,8H2,(H4,9,10,11);2*1H. The van der Waals surface area contributed by atoms with Crippen molar-refractivity contribution < 1.29 is 4.92 Å². The smallest absolute Gasteiger partial charge is 0.314 e. The Kier molecular flexibility index (Phi) is 7.53. The molecule has 6 N–H and O–H groups in total. The molecule has 16 heavy (non-hydrogen) atoms. The number of hydrogen-bond acceptors (Lipinski definition) is 6. The second kappa shape index (κ2) is 7.04. The molecule has 0 spiro atoms. The molecular weight excluding hydrogens is 257 g/mol. The first-order valence-electron chi connectivity index (χ1n) is 3.95. The fourth-order valence-electron chi connectivity index (χ4n) is 1.19. The molecule has 0 saturated heterocycles. The summed E-state index contributed by atoms with van der Waals surface area (Å²) in [6.07, 6.45) is 0.354. The lowest BCUT2D eigenvalue weighted by Crippen LogP contribution is -2.09. The number of nitrogen functional groups attached to an aromatic ring is 2. The van der Waals surface area contributed by atoms with Gasteiger partial charge in [0.25, 0.3) is 0 Å². The third kappa shape index (κ3) is 3.69. The Hall–Kier alpha value is -1.31. The van der Waals surface area contributed by atoms with E-state index in [2.05, 4.69) is 4.98 Å². The van der Waals surface area contributed by atoms with Gasteiger partial charge >= 0.3 is 5.69 Å². The van der Waals surface area contributed by atoms with E-state index < -0.39 is 4.92 Å². The molecule has 0 bridgehead atoms. The Bertz CT molecular complexity index is 374. The summed E-state index contributed by atoms with van der Waals surface area (Å²) in [5.74, 6) is -0.00463. The quantitative estimate of drug-likeness (QED) is 0.540. The summed E-state index contributed by atoms with van der Waals surface area (Å²) < 4.78 is 0. The molecule has 9 heteroatoms. The molecule has 1 rings (SSSR count). The number of hydrogen-bond donors (Lipinski definition) is 3. The van der Waals surface area contributed by atoms with Crippen molar-refractivity contribution in [3.05, 3.63) is 21.7 Å². The van der Waals surface area contributed by atoms with Crippen molar-refractivity contribution in [2.75, 3.05) is 18.0 Å². The van der Waals surface area contributed by atoms with Crippen LogP contribution in [0.2, 0.25) is 0 Å². The van der Waals surface area contributed by atoms with Crippen LogP contribution in [0.5, 0.6) is 0 Å². The van der Waals surface area contributed by atoms with Gasteiger partial charge in [-0.25, -0.2) is 4.98 Å². The van der Waals surface area contributed by atoms with E-state index in [1.807, 2.05) is 0 Å². The van der Waals surface area contributed by atoms with Gasteiger partial charge in [-0.1, -0.05) is 0 Å². The van der Waals surface area contributed by atoms with Crippen molar-refractivity contribution in [1.29, 1.82) is 0 Å². The molecule has 0 saturated carbocycles. The van der Waals surface area contributed by atoms with Crippen LogP contribution >= 0.6 is 24.8 Å². The minimum atomic E-state index is -0.577. The summed E-state index contributed by atoms with van der Waals surface area (Å²) in [4.78, 5) is 13.7. The third-order valence-electron chi connectivity index (χ3n) is 1.71. The van der Waals surface area contributed by atoms with Crippen LogP contribution in [-0.4, -0.2) is 16.5 Å². The lowest BCUT2D eigenvalue weighted by molar-refractivity contribution is -0.384. The first kappa shape index (κ1) is 17.1. The van der Waals surface area contributed by atoms with Crippen LogP contribution in [0.4, 0.5) is 17.3 Å². The molecule has 1 aromatic heterocycles. The Morgan fingerprint density at radius 3 is 2.38 bits per heavy atom. The van der Waals surface area contributed by atoms with Gasteiger partial charge in [-0.15, -0.1) is 24.8 Å². The maximum absolute atomic E-state index is 10.6. The lowest BCUT2D eigenvalue weighted by Gasteiger charge is -2.04. The normalized spacial score (nSPS) is 8.81. The number of rotatable bonds is 3. The first-order chi connectivity index (χ1) is 6.56. The van der Waals surface area contributed by atoms with E-state index in [9.17, 15) is 10.1 Å². The van der Waals surface area contributed by atoms with E-state index in [0.717, 1.165) is 0 Å². The molecule has 0 unspecified atom stereocenters. The highest BCUT2D eigenvalue weighted by Gasteiger charge is 2.19. The minimum absolute atomic E-state index is 0. The lowest BCUT2D eigenvalue weighted by atomic mass is 10.1. The molecule has 0 radical (unpaired) electrons. The van der Waals surface area contributed by atoms with Crippen LogP contribution in [0.1, 0.15) is 5.56 Å². The van der Waals surface area contributed by atoms with Crippen LogP contribution in [0.15, 0.2) is 6.07 Å². The van der Waals surface area contributed by atoms with Crippen molar-refractivity contribution in [3.63, 3.8) is 0 Å². The van der Waals surface area contributed by atoms with Gasteiger partial charge in [0.1, 0.15) is 5.82 Å². The van der Waals surface area contributed by atoms with E-state index in [-0.39, 0.29) is 42.1 Å². The zero-order valence-corrected chi connectivity index (χ0v) is 9.88. The summed E-state index contributed by atoms with van der Waals surface area (Å²) in [6, 6.07) is 1.42. The van der Waals surface area contributed by atoms with Gasteiger partial charge < -0.3 is 17.2 Å². The molecule has 0 fully saturated rings.